The fourth-order valence-electron chi connectivity index (χ4n) is 2.37. The predicted molar refractivity (Wildman–Crippen MR) is 80.6 cm³/mol. The van der Waals surface area contributed by atoms with Crippen molar-refractivity contribution in [2.45, 2.75) is 24.7 Å². The van der Waals surface area contributed by atoms with Crippen LogP contribution in [0.25, 0.3) is 0 Å². The highest BCUT2D eigenvalue weighted by Gasteiger charge is 2.27. The van der Waals surface area contributed by atoms with Crippen LogP contribution in [-0.2, 0) is 14.6 Å². The van der Waals surface area contributed by atoms with Crippen LogP contribution in [0.2, 0.25) is 0 Å². The summed E-state index contributed by atoms with van der Waals surface area (Å²) in [7, 11) is -3.30. The van der Waals surface area contributed by atoms with Crippen LogP contribution in [-0.4, -0.2) is 34.4 Å². The molecular weight excluding hydrogens is 276 g/mol. The van der Waals surface area contributed by atoms with Crippen molar-refractivity contribution in [1.82, 2.24) is 0 Å². The minimum absolute atomic E-state index is 0.159. The summed E-state index contributed by atoms with van der Waals surface area (Å²) in [5.74, 6) is 0. The third kappa shape index (κ3) is 3.43. The molecule has 1 heterocycles. The fraction of sp³-hybridized carbons (Fsp3) is 0.571. The summed E-state index contributed by atoms with van der Waals surface area (Å²) in [6.07, 6.45) is 3.15. The Balaban J connectivity index is 2.14. The van der Waals surface area contributed by atoms with E-state index in [9.17, 15) is 8.42 Å². The molecule has 6 heteroatoms. The van der Waals surface area contributed by atoms with Gasteiger partial charge in [0.25, 0.3) is 0 Å². The fourth-order valence-corrected chi connectivity index (χ4v) is 3.21. The van der Waals surface area contributed by atoms with Crippen molar-refractivity contribution in [3.05, 3.63) is 18.2 Å². The first-order valence-corrected chi connectivity index (χ1v) is 8.61. The average Bonchev–Trinajstić information content (AvgIpc) is 2.37. The van der Waals surface area contributed by atoms with Gasteiger partial charge in [0.05, 0.1) is 16.3 Å². The molecule has 0 radical (unpaired) electrons. The summed E-state index contributed by atoms with van der Waals surface area (Å²) in [6, 6.07) is 5.06. The number of ether oxygens (including phenoxy) is 1. The summed E-state index contributed by atoms with van der Waals surface area (Å²) in [5, 5.41) is 3.29. The molecule has 2 rings (SSSR count). The van der Waals surface area contributed by atoms with Gasteiger partial charge in [0.1, 0.15) is 0 Å². The number of nitrogens with two attached hydrogens (primary N) is 1. The second-order valence-electron chi connectivity index (χ2n) is 5.77. The van der Waals surface area contributed by atoms with Crippen molar-refractivity contribution in [3.8, 4) is 0 Å². The van der Waals surface area contributed by atoms with Crippen molar-refractivity contribution in [2.75, 3.05) is 37.1 Å². The molecule has 0 spiro atoms. The monoisotopic (exact) mass is 298 g/mol. The molecular formula is C14H22N2O3S. The Bertz CT molecular complexity index is 578. The van der Waals surface area contributed by atoms with Crippen molar-refractivity contribution < 1.29 is 13.2 Å². The van der Waals surface area contributed by atoms with Crippen LogP contribution in [0.4, 0.5) is 11.4 Å². The number of nitrogens with one attached hydrogen (secondary N) is 1. The number of nitrogen functional groups attached to an aromatic ring is 1. The average molecular weight is 298 g/mol. The van der Waals surface area contributed by atoms with Gasteiger partial charge in [-0.25, -0.2) is 8.42 Å². The largest absolute Gasteiger partial charge is 0.396 e. The zero-order valence-electron chi connectivity index (χ0n) is 12.0. The second-order valence-corrected chi connectivity index (χ2v) is 7.75. The predicted octanol–water partition coefficient (Wildman–Crippen LogP) is 1.90. The lowest BCUT2D eigenvalue weighted by atomic mass is 9.82. The highest BCUT2D eigenvalue weighted by molar-refractivity contribution is 7.90. The van der Waals surface area contributed by atoms with Gasteiger partial charge in [-0.05, 0) is 30.4 Å². The Morgan fingerprint density at radius 1 is 1.35 bits per heavy atom. The maximum absolute atomic E-state index is 11.7. The second kappa shape index (κ2) is 5.61. The van der Waals surface area contributed by atoms with E-state index in [1.807, 2.05) is 6.07 Å². The first-order chi connectivity index (χ1) is 9.32. The summed E-state index contributed by atoms with van der Waals surface area (Å²) in [4.78, 5) is 0.180. The van der Waals surface area contributed by atoms with Crippen LogP contribution in [0.15, 0.2) is 23.1 Å². The molecule has 0 aliphatic carbocycles. The molecule has 20 heavy (non-hydrogen) atoms. The standard InChI is InChI=1S/C14H22N2O3S/c1-14(6-8-19-9-7-14)10-16-11-4-3-5-12(13(11)15)20(2,17)18/h3-5,16H,6-10,15H2,1-2H3. The number of anilines is 2. The molecule has 0 bridgehead atoms. The lowest BCUT2D eigenvalue weighted by molar-refractivity contribution is 0.0300. The van der Waals surface area contributed by atoms with E-state index in [-0.39, 0.29) is 10.3 Å². The smallest absolute Gasteiger partial charge is 0.177 e. The van der Waals surface area contributed by atoms with Crippen LogP contribution in [0.3, 0.4) is 0 Å². The molecule has 0 saturated carbocycles. The van der Waals surface area contributed by atoms with E-state index in [1.54, 1.807) is 6.07 Å². The van der Waals surface area contributed by atoms with Crippen molar-refractivity contribution in [3.63, 3.8) is 0 Å². The Morgan fingerprint density at radius 2 is 2.00 bits per heavy atom. The van der Waals surface area contributed by atoms with Gasteiger partial charge >= 0.3 is 0 Å². The Hall–Kier alpha value is -1.27. The van der Waals surface area contributed by atoms with Crippen molar-refractivity contribution in [2.24, 2.45) is 5.41 Å². The lowest BCUT2D eigenvalue weighted by Crippen LogP contribution is -2.33. The highest BCUT2D eigenvalue weighted by atomic mass is 32.2. The molecule has 5 nitrogen and oxygen atoms in total. The van der Waals surface area contributed by atoms with E-state index < -0.39 is 9.84 Å². The number of benzene rings is 1. The molecule has 1 aromatic rings. The summed E-state index contributed by atoms with van der Waals surface area (Å²) >= 11 is 0. The lowest BCUT2D eigenvalue weighted by Gasteiger charge is -2.34. The van der Waals surface area contributed by atoms with E-state index >= 15 is 0 Å². The quantitative estimate of drug-likeness (QED) is 0.830. The van der Waals surface area contributed by atoms with Crippen LogP contribution < -0.4 is 11.1 Å². The van der Waals surface area contributed by atoms with Crippen LogP contribution in [0, 0.1) is 5.41 Å². The van der Waals surface area contributed by atoms with Gasteiger partial charge < -0.3 is 15.8 Å². The van der Waals surface area contributed by atoms with Crippen LogP contribution in [0.1, 0.15) is 19.8 Å². The number of rotatable bonds is 4. The zero-order chi connectivity index (χ0) is 14.8. The number of sulfone groups is 1. The molecule has 0 aromatic heterocycles. The van der Waals surface area contributed by atoms with E-state index in [1.165, 1.54) is 12.3 Å². The third-order valence-electron chi connectivity index (χ3n) is 3.87. The minimum atomic E-state index is -3.30. The first kappa shape index (κ1) is 15.1. The van der Waals surface area contributed by atoms with Gasteiger partial charge in [0, 0.05) is 26.0 Å². The molecule has 1 aliphatic rings. The SMILES string of the molecule is CC1(CNc2cccc(S(C)(=O)=O)c2N)CCOCC1. The number of hydrogen-bond acceptors (Lipinski definition) is 5. The van der Waals surface area contributed by atoms with Crippen molar-refractivity contribution in [1.29, 1.82) is 0 Å². The Labute approximate surface area is 120 Å². The van der Waals surface area contributed by atoms with Gasteiger partial charge in [-0.15, -0.1) is 0 Å². The van der Waals surface area contributed by atoms with E-state index in [4.69, 9.17) is 10.5 Å². The van der Waals surface area contributed by atoms with E-state index in [0.717, 1.165) is 32.6 Å². The Morgan fingerprint density at radius 3 is 2.60 bits per heavy atom. The number of para-hydroxylation sites is 1. The molecule has 3 N–H and O–H groups in total. The number of hydrogen-bond donors (Lipinski definition) is 2. The van der Waals surface area contributed by atoms with Gasteiger partial charge in [0.15, 0.2) is 9.84 Å². The minimum Gasteiger partial charge on any atom is -0.396 e. The van der Waals surface area contributed by atoms with Gasteiger partial charge in [-0.1, -0.05) is 13.0 Å². The van der Waals surface area contributed by atoms with Crippen molar-refractivity contribution >= 4 is 21.2 Å². The van der Waals surface area contributed by atoms with Gasteiger partial charge in [0.2, 0.25) is 0 Å². The summed E-state index contributed by atoms with van der Waals surface area (Å²) in [5.41, 5.74) is 7.10. The maximum atomic E-state index is 11.7. The molecule has 0 atom stereocenters. The van der Waals surface area contributed by atoms with Gasteiger partial charge in [-0.2, -0.15) is 0 Å². The first-order valence-electron chi connectivity index (χ1n) is 6.72. The maximum Gasteiger partial charge on any atom is 0.177 e. The molecule has 0 amide bonds. The normalized spacial score (nSPS) is 18.7. The van der Waals surface area contributed by atoms with Crippen LogP contribution in [0.5, 0.6) is 0 Å². The molecule has 1 fully saturated rings. The third-order valence-corrected chi connectivity index (χ3v) is 5.03. The Kier molecular flexibility index (Phi) is 4.25. The zero-order valence-corrected chi connectivity index (χ0v) is 12.8. The molecule has 1 saturated heterocycles. The summed E-state index contributed by atoms with van der Waals surface area (Å²) in [6.45, 7) is 4.51. The molecule has 112 valence electrons. The highest BCUT2D eigenvalue weighted by Crippen LogP contribution is 2.32. The topological polar surface area (TPSA) is 81.4 Å². The summed E-state index contributed by atoms with van der Waals surface area (Å²) < 4.78 is 28.7. The van der Waals surface area contributed by atoms with E-state index in [0.29, 0.717) is 11.4 Å². The van der Waals surface area contributed by atoms with Crippen LogP contribution >= 0.6 is 0 Å². The molecule has 1 aromatic carbocycles. The van der Waals surface area contributed by atoms with E-state index in [2.05, 4.69) is 12.2 Å². The van der Waals surface area contributed by atoms with Gasteiger partial charge in [-0.3, -0.25) is 0 Å². The molecule has 1 aliphatic heterocycles. The molecule has 0 unspecified atom stereocenters.